The minimum Gasteiger partial charge on any atom is -0.379 e. The highest BCUT2D eigenvalue weighted by Crippen LogP contribution is 2.22. The molecule has 0 unspecified atom stereocenters. The van der Waals surface area contributed by atoms with Crippen LogP contribution in [0.4, 0.5) is 0 Å². The van der Waals surface area contributed by atoms with E-state index in [4.69, 9.17) is 4.74 Å². The van der Waals surface area contributed by atoms with Crippen molar-refractivity contribution in [3.05, 3.63) is 54.1 Å². The lowest BCUT2D eigenvalue weighted by molar-refractivity contribution is 0.0342. The number of hydrogen-bond acceptors (Lipinski definition) is 4. The highest BCUT2D eigenvalue weighted by molar-refractivity contribution is 7.90. The highest BCUT2D eigenvalue weighted by atomic mass is 32.2. The molecular weight excluding hydrogens is 310 g/mol. The number of hydrogen-bond donors (Lipinski definition) is 0. The summed E-state index contributed by atoms with van der Waals surface area (Å²) >= 11 is 0. The number of rotatable bonds is 4. The van der Waals surface area contributed by atoms with Crippen molar-refractivity contribution < 1.29 is 13.2 Å². The molecule has 2 aromatic rings. The molecule has 0 atom stereocenters. The van der Waals surface area contributed by atoms with Gasteiger partial charge in [0.05, 0.1) is 18.1 Å². The molecule has 1 aliphatic rings. The first-order valence-electron chi connectivity index (χ1n) is 7.72. The lowest BCUT2D eigenvalue weighted by Crippen LogP contribution is -2.35. The molecule has 0 saturated carbocycles. The maximum absolute atomic E-state index is 11.5. The van der Waals surface area contributed by atoms with E-state index in [2.05, 4.69) is 29.2 Å². The molecule has 1 aliphatic heterocycles. The fourth-order valence-corrected chi connectivity index (χ4v) is 3.35. The highest BCUT2D eigenvalue weighted by Gasteiger charge is 2.11. The van der Waals surface area contributed by atoms with Gasteiger partial charge in [0.2, 0.25) is 0 Å². The lowest BCUT2D eigenvalue weighted by atomic mass is 10.0. The summed E-state index contributed by atoms with van der Waals surface area (Å²) in [5, 5.41) is 0. The predicted octanol–water partition coefficient (Wildman–Crippen LogP) is 2.59. The Hall–Kier alpha value is -1.69. The van der Waals surface area contributed by atoms with Gasteiger partial charge in [-0.25, -0.2) is 8.42 Å². The zero-order chi connectivity index (χ0) is 16.3. The number of benzene rings is 2. The van der Waals surface area contributed by atoms with Crippen molar-refractivity contribution in [3.63, 3.8) is 0 Å². The first-order chi connectivity index (χ1) is 11.0. The molecular formula is C18H21NO3S. The van der Waals surface area contributed by atoms with E-state index in [1.807, 2.05) is 12.1 Å². The van der Waals surface area contributed by atoms with E-state index < -0.39 is 9.84 Å². The van der Waals surface area contributed by atoms with Gasteiger partial charge in [-0.2, -0.15) is 0 Å². The second-order valence-corrected chi connectivity index (χ2v) is 7.90. The summed E-state index contributed by atoms with van der Waals surface area (Å²) in [4.78, 5) is 2.74. The Morgan fingerprint density at radius 3 is 1.96 bits per heavy atom. The molecule has 3 rings (SSSR count). The molecule has 0 bridgehead atoms. The van der Waals surface area contributed by atoms with Crippen molar-refractivity contribution >= 4 is 9.84 Å². The van der Waals surface area contributed by atoms with Crippen LogP contribution in [0.2, 0.25) is 0 Å². The minimum absolute atomic E-state index is 0.352. The van der Waals surface area contributed by atoms with Crippen molar-refractivity contribution in [2.75, 3.05) is 32.6 Å². The summed E-state index contributed by atoms with van der Waals surface area (Å²) < 4.78 is 28.4. The zero-order valence-electron chi connectivity index (χ0n) is 13.2. The molecule has 122 valence electrons. The molecule has 1 heterocycles. The van der Waals surface area contributed by atoms with E-state index in [0.29, 0.717) is 4.90 Å². The Labute approximate surface area is 137 Å². The van der Waals surface area contributed by atoms with Gasteiger partial charge in [-0.3, -0.25) is 4.90 Å². The molecule has 2 aromatic carbocycles. The fraction of sp³-hybridized carbons (Fsp3) is 0.333. The lowest BCUT2D eigenvalue weighted by Gasteiger charge is -2.26. The van der Waals surface area contributed by atoms with Crippen LogP contribution in [0, 0.1) is 0 Å². The molecule has 0 spiro atoms. The van der Waals surface area contributed by atoms with E-state index in [1.54, 1.807) is 12.1 Å². The third-order valence-electron chi connectivity index (χ3n) is 4.08. The molecule has 0 N–H and O–H groups in total. The van der Waals surface area contributed by atoms with E-state index in [0.717, 1.165) is 44.0 Å². The van der Waals surface area contributed by atoms with Crippen molar-refractivity contribution in [1.82, 2.24) is 4.90 Å². The quantitative estimate of drug-likeness (QED) is 0.864. The van der Waals surface area contributed by atoms with E-state index in [9.17, 15) is 8.42 Å². The minimum atomic E-state index is -3.14. The maximum atomic E-state index is 11.5. The Bertz CT molecular complexity index is 746. The molecule has 4 nitrogen and oxygen atoms in total. The topological polar surface area (TPSA) is 46.6 Å². The molecule has 1 saturated heterocycles. The number of nitrogens with zero attached hydrogens (tertiary/aromatic N) is 1. The summed E-state index contributed by atoms with van der Waals surface area (Å²) in [7, 11) is -3.14. The van der Waals surface area contributed by atoms with Gasteiger partial charge in [0.1, 0.15) is 0 Å². The number of morpholine rings is 1. The first-order valence-corrected chi connectivity index (χ1v) is 9.61. The molecule has 0 amide bonds. The Morgan fingerprint density at radius 2 is 1.43 bits per heavy atom. The van der Waals surface area contributed by atoms with Gasteiger partial charge >= 0.3 is 0 Å². The molecule has 0 radical (unpaired) electrons. The van der Waals surface area contributed by atoms with Crippen LogP contribution in [0.5, 0.6) is 0 Å². The molecule has 23 heavy (non-hydrogen) atoms. The molecule has 1 fully saturated rings. The van der Waals surface area contributed by atoms with Gasteiger partial charge < -0.3 is 4.74 Å². The van der Waals surface area contributed by atoms with E-state index in [-0.39, 0.29) is 0 Å². The monoisotopic (exact) mass is 331 g/mol. The van der Waals surface area contributed by atoms with Crippen molar-refractivity contribution in [1.29, 1.82) is 0 Å². The first kappa shape index (κ1) is 16.2. The Balaban J connectivity index is 1.71. The summed E-state index contributed by atoms with van der Waals surface area (Å²) in [6.07, 6.45) is 1.22. The molecule has 5 heteroatoms. The summed E-state index contributed by atoms with van der Waals surface area (Å²) in [5.74, 6) is 0. The zero-order valence-corrected chi connectivity index (χ0v) is 14.1. The number of ether oxygens (including phenoxy) is 1. The van der Waals surface area contributed by atoms with Crippen molar-refractivity contribution in [2.45, 2.75) is 11.4 Å². The maximum Gasteiger partial charge on any atom is 0.175 e. The average molecular weight is 331 g/mol. The van der Waals surface area contributed by atoms with Crippen molar-refractivity contribution in [3.8, 4) is 11.1 Å². The van der Waals surface area contributed by atoms with Gasteiger partial charge in [-0.15, -0.1) is 0 Å². The largest absolute Gasteiger partial charge is 0.379 e. The van der Waals surface area contributed by atoms with E-state index >= 15 is 0 Å². The smallest absolute Gasteiger partial charge is 0.175 e. The van der Waals surface area contributed by atoms with Gasteiger partial charge in [0.15, 0.2) is 9.84 Å². The van der Waals surface area contributed by atoms with Crippen LogP contribution in [0.25, 0.3) is 11.1 Å². The standard InChI is InChI=1S/C18H21NO3S/c1-23(20,21)18-8-6-17(7-9-18)16-4-2-15(3-5-16)14-19-10-12-22-13-11-19/h2-9H,10-14H2,1H3. The summed E-state index contributed by atoms with van der Waals surface area (Å²) in [6.45, 7) is 4.52. The van der Waals surface area contributed by atoms with Crippen LogP contribution < -0.4 is 0 Å². The Kier molecular flexibility index (Phi) is 4.80. The second-order valence-electron chi connectivity index (χ2n) is 5.88. The average Bonchev–Trinajstić information content (AvgIpc) is 2.56. The van der Waals surface area contributed by atoms with E-state index in [1.165, 1.54) is 11.8 Å². The van der Waals surface area contributed by atoms with Crippen LogP contribution in [0.1, 0.15) is 5.56 Å². The third-order valence-corrected chi connectivity index (χ3v) is 5.21. The van der Waals surface area contributed by atoms with Crippen molar-refractivity contribution in [2.24, 2.45) is 0 Å². The van der Waals surface area contributed by atoms with Crippen LogP contribution in [0.3, 0.4) is 0 Å². The predicted molar refractivity (Wildman–Crippen MR) is 91.1 cm³/mol. The van der Waals surface area contributed by atoms with Gasteiger partial charge in [0, 0.05) is 25.9 Å². The molecule has 0 aliphatic carbocycles. The van der Waals surface area contributed by atoms with Crippen LogP contribution >= 0.6 is 0 Å². The normalized spacial score (nSPS) is 16.4. The SMILES string of the molecule is CS(=O)(=O)c1ccc(-c2ccc(CN3CCOCC3)cc2)cc1. The third kappa shape index (κ3) is 4.19. The van der Waals surface area contributed by atoms with Gasteiger partial charge in [-0.1, -0.05) is 36.4 Å². The Morgan fingerprint density at radius 1 is 0.913 bits per heavy atom. The van der Waals surface area contributed by atoms with Gasteiger partial charge in [-0.05, 0) is 28.8 Å². The van der Waals surface area contributed by atoms with Gasteiger partial charge in [0.25, 0.3) is 0 Å². The second kappa shape index (κ2) is 6.83. The fourth-order valence-electron chi connectivity index (χ4n) is 2.71. The van der Waals surface area contributed by atoms with Crippen LogP contribution in [0.15, 0.2) is 53.4 Å². The van der Waals surface area contributed by atoms with Crippen LogP contribution in [-0.4, -0.2) is 45.9 Å². The van der Waals surface area contributed by atoms with Crippen LogP contribution in [-0.2, 0) is 21.1 Å². The summed E-state index contributed by atoms with van der Waals surface area (Å²) in [5.41, 5.74) is 3.40. The molecule has 0 aromatic heterocycles. The number of sulfone groups is 1. The summed E-state index contributed by atoms with van der Waals surface area (Å²) in [6, 6.07) is 15.5.